The van der Waals surface area contributed by atoms with Crippen LogP contribution in [0.4, 0.5) is 0 Å². The van der Waals surface area contributed by atoms with Gasteiger partial charge in [-0.05, 0) is 25.4 Å². The van der Waals surface area contributed by atoms with E-state index in [1.54, 1.807) is 0 Å². The summed E-state index contributed by atoms with van der Waals surface area (Å²) in [5, 5.41) is 7.41. The molecule has 2 aliphatic heterocycles. The van der Waals surface area contributed by atoms with Crippen molar-refractivity contribution in [2.24, 2.45) is 5.92 Å². The molecule has 2 fully saturated rings. The Morgan fingerprint density at radius 3 is 1.12 bits per heavy atom. The topological polar surface area (TPSA) is 116 Å². The molecule has 12 heteroatoms. The van der Waals surface area contributed by atoms with Crippen LogP contribution in [0.25, 0.3) is 0 Å². The molecule has 0 amide bonds. The maximum absolute atomic E-state index is 6.14. The first-order valence-electron chi connectivity index (χ1n) is 19.6. The molecule has 12 nitrogen and oxygen atoms in total. The summed E-state index contributed by atoms with van der Waals surface area (Å²) in [4.78, 5) is 0. The van der Waals surface area contributed by atoms with E-state index >= 15 is 0 Å². The fraction of sp³-hybridized carbons (Fsp3) is 1.00. The van der Waals surface area contributed by atoms with Gasteiger partial charge in [0, 0.05) is 13.1 Å². The van der Waals surface area contributed by atoms with Gasteiger partial charge in [0.1, 0.15) is 0 Å². The second-order valence-electron chi connectivity index (χ2n) is 13.0. The van der Waals surface area contributed by atoms with Crippen LogP contribution in [0.2, 0.25) is 0 Å². The predicted molar refractivity (Wildman–Crippen MR) is 192 cm³/mol. The van der Waals surface area contributed by atoms with Crippen LogP contribution in [-0.2, 0) is 47.4 Å². The summed E-state index contributed by atoms with van der Waals surface area (Å²) in [5.41, 5.74) is 0. The number of nitrogens with one attached hydrogen (secondary N) is 2. The Bertz CT molecular complexity index is 595. The van der Waals surface area contributed by atoms with Gasteiger partial charge in [0.25, 0.3) is 0 Å². The molecule has 2 saturated heterocycles. The molecule has 2 aliphatic rings. The van der Waals surface area contributed by atoms with Gasteiger partial charge in [0.2, 0.25) is 0 Å². The zero-order valence-corrected chi connectivity index (χ0v) is 31.1. The lowest BCUT2D eigenvalue weighted by Gasteiger charge is -2.24. The Morgan fingerprint density at radius 2 is 0.735 bits per heavy atom. The summed E-state index contributed by atoms with van der Waals surface area (Å²) >= 11 is 0. The summed E-state index contributed by atoms with van der Waals surface area (Å²) in [6.45, 7) is 15.5. The number of hydrogen-bond acceptors (Lipinski definition) is 12. The molecule has 0 spiro atoms. The lowest BCUT2D eigenvalue weighted by Crippen LogP contribution is -2.40. The molecular weight excluding hydrogens is 632 g/mol. The van der Waals surface area contributed by atoms with Gasteiger partial charge in [-0.2, -0.15) is 0 Å². The molecule has 2 N–H and O–H groups in total. The Kier molecular flexibility index (Phi) is 32.7. The highest BCUT2D eigenvalue weighted by Gasteiger charge is 2.15. The van der Waals surface area contributed by atoms with Gasteiger partial charge in [-0.25, -0.2) is 0 Å². The van der Waals surface area contributed by atoms with E-state index in [2.05, 4.69) is 17.6 Å². The highest BCUT2D eigenvalue weighted by atomic mass is 16.6. The van der Waals surface area contributed by atoms with Crippen molar-refractivity contribution in [3.63, 3.8) is 0 Å². The van der Waals surface area contributed by atoms with E-state index in [4.69, 9.17) is 47.4 Å². The van der Waals surface area contributed by atoms with Crippen molar-refractivity contribution < 1.29 is 47.4 Å². The largest absolute Gasteiger partial charge is 0.377 e. The first-order valence-corrected chi connectivity index (χ1v) is 19.6. The van der Waals surface area contributed by atoms with Gasteiger partial charge in [-0.3, -0.25) is 0 Å². The van der Waals surface area contributed by atoms with Gasteiger partial charge >= 0.3 is 0 Å². The molecule has 0 aromatic carbocycles. The van der Waals surface area contributed by atoms with Crippen molar-refractivity contribution in [1.82, 2.24) is 10.6 Å². The molecule has 2 heterocycles. The standard InChI is InChI=1S/C37H74N2O10/c1-2-3-4-5-6-7-8-9-10-11-12-35(29-38-31-36-33-46-23-21-42-15-13-40-17-19-44-25-27-48-36)30-39-32-37-34-47-24-22-43-16-14-41-18-20-45-26-28-49-37/h35-39H,2-34H2,1H3. The van der Waals surface area contributed by atoms with Gasteiger partial charge in [0.05, 0.1) is 131 Å². The van der Waals surface area contributed by atoms with Gasteiger partial charge in [-0.1, -0.05) is 71.1 Å². The number of unbranched alkanes of at least 4 members (excludes halogenated alkanes) is 9. The zero-order chi connectivity index (χ0) is 34.6. The molecule has 292 valence electrons. The smallest absolute Gasteiger partial charge is 0.0933 e. The molecule has 0 aromatic rings. The molecule has 2 unspecified atom stereocenters. The van der Waals surface area contributed by atoms with E-state index < -0.39 is 0 Å². The van der Waals surface area contributed by atoms with Crippen LogP contribution < -0.4 is 10.6 Å². The van der Waals surface area contributed by atoms with Crippen molar-refractivity contribution in [3.05, 3.63) is 0 Å². The summed E-state index contributed by atoms with van der Waals surface area (Å²) < 4.78 is 57.6. The van der Waals surface area contributed by atoms with E-state index in [1.165, 1.54) is 70.6 Å². The molecule has 0 aromatic heterocycles. The van der Waals surface area contributed by atoms with Gasteiger partial charge < -0.3 is 58.0 Å². The zero-order valence-electron chi connectivity index (χ0n) is 31.1. The average molecular weight is 707 g/mol. The molecule has 0 bridgehead atoms. The van der Waals surface area contributed by atoms with Crippen LogP contribution in [-0.4, -0.2) is 157 Å². The van der Waals surface area contributed by atoms with E-state index in [0.717, 1.165) is 26.2 Å². The van der Waals surface area contributed by atoms with Crippen molar-refractivity contribution in [1.29, 1.82) is 0 Å². The van der Waals surface area contributed by atoms with Crippen molar-refractivity contribution >= 4 is 0 Å². The number of rotatable bonds is 19. The van der Waals surface area contributed by atoms with E-state index in [9.17, 15) is 0 Å². The predicted octanol–water partition coefficient (Wildman–Crippen LogP) is 4.02. The molecule has 0 saturated carbocycles. The van der Waals surface area contributed by atoms with Gasteiger partial charge in [0.15, 0.2) is 0 Å². The maximum atomic E-state index is 6.14. The molecule has 2 rings (SSSR count). The Morgan fingerprint density at radius 1 is 0.408 bits per heavy atom. The minimum Gasteiger partial charge on any atom is -0.377 e. The van der Waals surface area contributed by atoms with Crippen molar-refractivity contribution in [2.75, 3.05) is 145 Å². The summed E-state index contributed by atoms with van der Waals surface area (Å²) in [5.74, 6) is 0.494. The van der Waals surface area contributed by atoms with Crippen LogP contribution in [0.15, 0.2) is 0 Å². The third-order valence-electron chi connectivity index (χ3n) is 8.58. The minimum atomic E-state index is -0.0479. The highest BCUT2D eigenvalue weighted by Crippen LogP contribution is 2.14. The second-order valence-corrected chi connectivity index (χ2v) is 13.0. The molecule has 0 aliphatic carbocycles. The van der Waals surface area contributed by atoms with Crippen LogP contribution in [0.5, 0.6) is 0 Å². The third-order valence-corrected chi connectivity index (χ3v) is 8.58. The monoisotopic (exact) mass is 707 g/mol. The lowest BCUT2D eigenvalue weighted by atomic mass is 9.99. The summed E-state index contributed by atoms with van der Waals surface area (Å²) in [7, 11) is 0. The van der Waals surface area contributed by atoms with Crippen LogP contribution in [0, 0.1) is 5.92 Å². The normalized spacial score (nSPS) is 23.4. The van der Waals surface area contributed by atoms with Crippen molar-refractivity contribution in [2.45, 2.75) is 89.8 Å². The molecule has 49 heavy (non-hydrogen) atoms. The minimum absolute atomic E-state index is 0.0479. The van der Waals surface area contributed by atoms with Crippen LogP contribution in [0.1, 0.15) is 77.6 Å². The average Bonchev–Trinajstić information content (AvgIpc) is 3.13. The first kappa shape index (κ1) is 44.7. The van der Waals surface area contributed by atoms with Gasteiger partial charge in [-0.15, -0.1) is 0 Å². The van der Waals surface area contributed by atoms with Crippen LogP contribution >= 0.6 is 0 Å². The van der Waals surface area contributed by atoms with Crippen molar-refractivity contribution in [3.8, 4) is 0 Å². The molecule has 2 atom stereocenters. The van der Waals surface area contributed by atoms with Crippen LogP contribution in [0.3, 0.4) is 0 Å². The Hall–Kier alpha value is -0.480. The molecule has 0 radical (unpaired) electrons. The Labute approximate surface area is 298 Å². The number of hydrogen-bond donors (Lipinski definition) is 2. The SMILES string of the molecule is CCCCCCCCCCCCC(CNCC1COCCOCCOCCOCCO1)CNCC1COCCOCCOCCOCCO1. The first-order chi connectivity index (χ1) is 24.4. The van der Waals surface area contributed by atoms with E-state index in [0.29, 0.717) is 125 Å². The fourth-order valence-corrected chi connectivity index (χ4v) is 5.72. The lowest BCUT2D eigenvalue weighted by molar-refractivity contribution is -0.0454. The fourth-order valence-electron chi connectivity index (χ4n) is 5.72. The molecular formula is C37H74N2O10. The van der Waals surface area contributed by atoms with E-state index in [-0.39, 0.29) is 12.2 Å². The number of ether oxygens (including phenoxy) is 10. The quantitative estimate of drug-likeness (QED) is 0.189. The third kappa shape index (κ3) is 29.8. The Balaban J connectivity index is 1.79. The van der Waals surface area contributed by atoms with E-state index in [1.807, 2.05) is 0 Å². The highest BCUT2D eigenvalue weighted by molar-refractivity contribution is 4.71. The maximum Gasteiger partial charge on any atom is 0.0933 e. The summed E-state index contributed by atoms with van der Waals surface area (Å²) in [6.07, 6.45) is 14.6. The summed E-state index contributed by atoms with van der Waals surface area (Å²) in [6, 6.07) is 0. The second kappa shape index (κ2) is 35.9.